The zero-order valence-electron chi connectivity index (χ0n) is 22.1. The Bertz CT molecular complexity index is 638. The Hall–Kier alpha value is 0.354. The molecule has 4 aliphatic carbocycles. The lowest BCUT2D eigenvalue weighted by Crippen LogP contribution is -2.58. The summed E-state index contributed by atoms with van der Waals surface area (Å²) in [7, 11) is -2.98. The second-order valence-electron chi connectivity index (χ2n) is 13.8. The van der Waals surface area contributed by atoms with Crippen molar-refractivity contribution >= 4 is 16.6 Å². The molecule has 0 aromatic rings. The third-order valence-corrected chi connectivity index (χ3v) is 12.1. The van der Waals surface area contributed by atoms with Crippen LogP contribution in [0, 0.1) is 35.0 Å². The number of hydrogen-bond acceptors (Lipinski definition) is 2. The first-order chi connectivity index (χ1) is 14.4. The van der Waals surface area contributed by atoms with Crippen LogP contribution >= 0.6 is 0 Å². The minimum Gasteiger partial charge on any atom is -0.415 e. The van der Waals surface area contributed by atoms with Crippen LogP contribution in [0.1, 0.15) is 84.5 Å². The molecule has 0 bridgehead atoms. The lowest BCUT2D eigenvalue weighted by atomic mass is 9.48. The second-order valence-corrected chi connectivity index (χ2v) is 22.6. The molecule has 8 unspecified atom stereocenters. The van der Waals surface area contributed by atoms with Gasteiger partial charge in [-0.3, -0.25) is 0 Å². The van der Waals surface area contributed by atoms with E-state index >= 15 is 0 Å². The summed E-state index contributed by atoms with van der Waals surface area (Å²) in [6.45, 7) is 19.3. The standard InChI is InChI=1S/C27H52O2Si2/c1-9-26-17-15-23-22-14-12-21(28-30(3,4)5)19-20(22)11-13-24(23)25(26)16-18-27(26,10-2)29-31(6,7)8/h20-25H,9-19H2,1-8H3. The van der Waals surface area contributed by atoms with Crippen LogP contribution in [0.5, 0.6) is 0 Å². The summed E-state index contributed by atoms with van der Waals surface area (Å²) in [6, 6.07) is 0. The van der Waals surface area contributed by atoms with Gasteiger partial charge in [-0.15, -0.1) is 0 Å². The zero-order valence-corrected chi connectivity index (χ0v) is 24.1. The molecule has 0 N–H and O–H groups in total. The summed E-state index contributed by atoms with van der Waals surface area (Å²) in [5.41, 5.74) is 0.621. The molecule has 0 saturated heterocycles. The van der Waals surface area contributed by atoms with Gasteiger partial charge in [-0.25, -0.2) is 0 Å². The Morgan fingerprint density at radius 3 is 2.03 bits per heavy atom. The van der Waals surface area contributed by atoms with E-state index in [1.165, 1.54) is 70.6 Å². The first-order valence-electron chi connectivity index (χ1n) is 13.8. The highest BCUT2D eigenvalue weighted by Crippen LogP contribution is 2.68. The van der Waals surface area contributed by atoms with Gasteiger partial charge in [0.25, 0.3) is 0 Å². The molecular weight excluding hydrogens is 412 g/mol. The van der Waals surface area contributed by atoms with E-state index in [0.29, 0.717) is 11.5 Å². The topological polar surface area (TPSA) is 18.5 Å². The fraction of sp³-hybridized carbons (Fsp3) is 1.00. The Balaban J connectivity index is 1.52. The van der Waals surface area contributed by atoms with Crippen molar-refractivity contribution in [2.75, 3.05) is 0 Å². The van der Waals surface area contributed by atoms with Crippen molar-refractivity contribution in [3.8, 4) is 0 Å². The molecule has 2 nitrogen and oxygen atoms in total. The van der Waals surface area contributed by atoms with Crippen molar-refractivity contribution in [3.05, 3.63) is 0 Å². The van der Waals surface area contributed by atoms with E-state index in [1.807, 2.05) is 0 Å². The van der Waals surface area contributed by atoms with Gasteiger partial charge in [-0.2, -0.15) is 0 Å². The van der Waals surface area contributed by atoms with Gasteiger partial charge >= 0.3 is 0 Å². The van der Waals surface area contributed by atoms with Gasteiger partial charge < -0.3 is 8.85 Å². The van der Waals surface area contributed by atoms with Crippen molar-refractivity contribution in [1.82, 2.24) is 0 Å². The van der Waals surface area contributed by atoms with E-state index in [-0.39, 0.29) is 5.60 Å². The Labute approximate surface area is 195 Å². The molecule has 4 heteroatoms. The summed E-state index contributed by atoms with van der Waals surface area (Å²) in [5, 5.41) is 0. The van der Waals surface area contributed by atoms with Crippen LogP contribution in [0.2, 0.25) is 39.3 Å². The smallest absolute Gasteiger partial charge is 0.184 e. The summed E-state index contributed by atoms with van der Waals surface area (Å²) in [5.74, 6) is 4.83. The highest BCUT2D eigenvalue weighted by atomic mass is 28.4. The molecule has 4 fully saturated rings. The molecule has 0 amide bonds. The fourth-order valence-corrected chi connectivity index (χ4v) is 12.3. The minimum atomic E-state index is -1.56. The van der Waals surface area contributed by atoms with Crippen LogP contribution in [-0.2, 0) is 8.85 Å². The SMILES string of the molecule is CCC1(O[Si](C)(C)C)CCC2C3CCC4CC(O[Si](C)(C)C)CCC4C3CCC21CC. The van der Waals surface area contributed by atoms with Crippen LogP contribution in [0.15, 0.2) is 0 Å². The average molecular weight is 465 g/mol. The van der Waals surface area contributed by atoms with Gasteiger partial charge in [0.05, 0.1) is 5.60 Å². The van der Waals surface area contributed by atoms with Gasteiger partial charge in [0, 0.05) is 11.5 Å². The van der Waals surface area contributed by atoms with Gasteiger partial charge in [0.1, 0.15) is 0 Å². The lowest BCUT2D eigenvalue weighted by Gasteiger charge is -2.60. The average Bonchev–Trinajstić information content (AvgIpc) is 2.99. The van der Waals surface area contributed by atoms with E-state index in [1.54, 1.807) is 0 Å². The largest absolute Gasteiger partial charge is 0.415 e. The minimum absolute atomic E-state index is 0.168. The normalized spacial score (nSPS) is 45.7. The summed E-state index contributed by atoms with van der Waals surface area (Å²) in [6.07, 6.45) is 15.9. The number of hydrogen-bond donors (Lipinski definition) is 0. The van der Waals surface area contributed by atoms with E-state index < -0.39 is 16.6 Å². The molecule has 0 aromatic carbocycles. The Morgan fingerprint density at radius 1 is 0.710 bits per heavy atom. The molecule has 0 spiro atoms. The van der Waals surface area contributed by atoms with E-state index in [2.05, 4.69) is 53.1 Å². The molecule has 0 aromatic heterocycles. The van der Waals surface area contributed by atoms with Crippen molar-refractivity contribution in [1.29, 1.82) is 0 Å². The molecule has 8 atom stereocenters. The number of rotatable bonds is 6. The zero-order chi connectivity index (χ0) is 22.7. The van der Waals surface area contributed by atoms with Gasteiger partial charge in [0.2, 0.25) is 0 Å². The first-order valence-corrected chi connectivity index (χ1v) is 20.6. The summed E-state index contributed by atoms with van der Waals surface area (Å²) in [4.78, 5) is 0. The predicted octanol–water partition coefficient (Wildman–Crippen LogP) is 8.25. The van der Waals surface area contributed by atoms with E-state index in [0.717, 1.165) is 29.6 Å². The maximum atomic E-state index is 7.17. The van der Waals surface area contributed by atoms with Gasteiger partial charge in [-0.1, -0.05) is 13.8 Å². The van der Waals surface area contributed by atoms with Crippen LogP contribution in [0.25, 0.3) is 0 Å². The molecule has 180 valence electrons. The molecule has 4 aliphatic rings. The van der Waals surface area contributed by atoms with E-state index in [4.69, 9.17) is 8.85 Å². The fourth-order valence-electron chi connectivity index (χ4n) is 9.43. The van der Waals surface area contributed by atoms with Crippen LogP contribution in [0.3, 0.4) is 0 Å². The lowest BCUT2D eigenvalue weighted by molar-refractivity contribution is -0.137. The summed E-state index contributed by atoms with van der Waals surface area (Å²) < 4.78 is 13.8. The highest BCUT2D eigenvalue weighted by Gasteiger charge is 2.64. The van der Waals surface area contributed by atoms with E-state index in [9.17, 15) is 0 Å². The summed E-state index contributed by atoms with van der Waals surface area (Å²) >= 11 is 0. The maximum absolute atomic E-state index is 7.17. The molecule has 4 saturated carbocycles. The van der Waals surface area contributed by atoms with Gasteiger partial charge in [0.15, 0.2) is 16.6 Å². The molecule has 4 rings (SSSR count). The third-order valence-electron chi connectivity index (χ3n) is 10.1. The highest BCUT2D eigenvalue weighted by molar-refractivity contribution is 6.70. The van der Waals surface area contributed by atoms with Crippen molar-refractivity contribution in [2.24, 2.45) is 35.0 Å². The van der Waals surface area contributed by atoms with Crippen molar-refractivity contribution < 1.29 is 8.85 Å². The Morgan fingerprint density at radius 2 is 1.42 bits per heavy atom. The van der Waals surface area contributed by atoms with Crippen molar-refractivity contribution in [2.45, 2.75) is 135 Å². The Kier molecular flexibility index (Phi) is 6.74. The molecule has 31 heavy (non-hydrogen) atoms. The first kappa shape index (κ1) is 24.5. The van der Waals surface area contributed by atoms with Crippen LogP contribution in [-0.4, -0.2) is 28.3 Å². The molecular formula is C27H52O2Si2. The van der Waals surface area contributed by atoms with Crippen LogP contribution in [0.4, 0.5) is 0 Å². The van der Waals surface area contributed by atoms with Crippen molar-refractivity contribution in [3.63, 3.8) is 0 Å². The van der Waals surface area contributed by atoms with Gasteiger partial charge in [-0.05, 0) is 140 Å². The monoisotopic (exact) mass is 464 g/mol. The number of fused-ring (bicyclic) bond motifs is 5. The molecule has 0 heterocycles. The molecule has 0 aliphatic heterocycles. The third kappa shape index (κ3) is 4.41. The maximum Gasteiger partial charge on any atom is 0.184 e. The predicted molar refractivity (Wildman–Crippen MR) is 137 cm³/mol. The molecule has 0 radical (unpaired) electrons. The second kappa shape index (κ2) is 8.54. The van der Waals surface area contributed by atoms with Crippen LogP contribution < -0.4 is 0 Å². The quantitative estimate of drug-likeness (QED) is 0.368.